The first kappa shape index (κ1) is 17.8. The van der Waals surface area contributed by atoms with Gasteiger partial charge in [0.1, 0.15) is 0 Å². The van der Waals surface area contributed by atoms with Crippen LogP contribution in [0.1, 0.15) is 47.7 Å². The monoisotopic (exact) mass is 371 g/mol. The average molecular weight is 371 g/mol. The SMILES string of the molecule is CCOC(=O)N1CCC(NC(=O)c2cc3c4c(c2)CC(=O)N4CCC3)CC1. The molecule has 3 aliphatic heterocycles. The molecule has 7 nitrogen and oxygen atoms in total. The maximum absolute atomic E-state index is 12.8. The van der Waals surface area contributed by atoms with E-state index in [4.69, 9.17) is 4.74 Å². The molecule has 7 heteroatoms. The summed E-state index contributed by atoms with van der Waals surface area (Å²) in [6.45, 7) is 4.12. The van der Waals surface area contributed by atoms with Gasteiger partial charge in [-0.05, 0) is 55.9 Å². The highest BCUT2D eigenvalue weighted by molar-refractivity contribution is 6.04. The molecule has 1 saturated heterocycles. The van der Waals surface area contributed by atoms with Crippen LogP contribution in [0.2, 0.25) is 0 Å². The van der Waals surface area contributed by atoms with Gasteiger partial charge in [0.25, 0.3) is 5.91 Å². The molecule has 3 heterocycles. The normalized spacial score (nSPS) is 19.1. The van der Waals surface area contributed by atoms with E-state index in [1.165, 1.54) is 0 Å². The van der Waals surface area contributed by atoms with Gasteiger partial charge in [-0.1, -0.05) is 0 Å². The van der Waals surface area contributed by atoms with Crippen molar-refractivity contribution in [2.75, 3.05) is 31.1 Å². The molecular formula is C20H25N3O4. The molecular weight excluding hydrogens is 346 g/mol. The molecule has 0 aliphatic carbocycles. The van der Waals surface area contributed by atoms with Crippen LogP contribution in [0.3, 0.4) is 0 Å². The van der Waals surface area contributed by atoms with Gasteiger partial charge in [-0.3, -0.25) is 9.59 Å². The van der Waals surface area contributed by atoms with Gasteiger partial charge in [0.05, 0.1) is 18.7 Å². The van der Waals surface area contributed by atoms with E-state index in [-0.39, 0.29) is 23.9 Å². The summed E-state index contributed by atoms with van der Waals surface area (Å²) in [5.41, 5.74) is 3.74. The van der Waals surface area contributed by atoms with E-state index in [0.29, 0.717) is 44.5 Å². The van der Waals surface area contributed by atoms with Crippen LogP contribution in [0.5, 0.6) is 0 Å². The number of rotatable bonds is 3. The number of piperidine rings is 1. The highest BCUT2D eigenvalue weighted by atomic mass is 16.6. The summed E-state index contributed by atoms with van der Waals surface area (Å²) in [6.07, 6.45) is 3.39. The lowest BCUT2D eigenvalue weighted by Crippen LogP contribution is -2.46. The Kier molecular flexibility index (Phi) is 4.76. The maximum atomic E-state index is 12.8. The van der Waals surface area contributed by atoms with Crippen molar-refractivity contribution in [2.45, 2.75) is 45.1 Å². The molecule has 0 spiro atoms. The summed E-state index contributed by atoms with van der Waals surface area (Å²) in [5.74, 6) is 0.0370. The second kappa shape index (κ2) is 7.21. The number of carbonyl (C=O) groups excluding carboxylic acids is 3. The zero-order valence-electron chi connectivity index (χ0n) is 15.6. The summed E-state index contributed by atoms with van der Waals surface area (Å²) < 4.78 is 5.03. The Balaban J connectivity index is 1.41. The molecule has 1 aromatic carbocycles. The van der Waals surface area contributed by atoms with Gasteiger partial charge in [0.15, 0.2) is 0 Å². The summed E-state index contributed by atoms with van der Waals surface area (Å²) >= 11 is 0. The van der Waals surface area contributed by atoms with E-state index in [9.17, 15) is 14.4 Å². The molecule has 1 aromatic rings. The largest absolute Gasteiger partial charge is 0.450 e. The van der Waals surface area contributed by atoms with Gasteiger partial charge < -0.3 is 19.9 Å². The number of aryl methyl sites for hydroxylation is 1. The lowest BCUT2D eigenvalue weighted by atomic mass is 9.96. The van der Waals surface area contributed by atoms with Gasteiger partial charge in [-0.15, -0.1) is 0 Å². The first-order chi connectivity index (χ1) is 13.1. The molecule has 0 bridgehead atoms. The van der Waals surface area contributed by atoms with Gasteiger partial charge in [-0.25, -0.2) is 4.79 Å². The Morgan fingerprint density at radius 3 is 2.67 bits per heavy atom. The van der Waals surface area contributed by atoms with Gasteiger partial charge in [0, 0.05) is 31.2 Å². The number of hydrogen-bond acceptors (Lipinski definition) is 4. The third-order valence-corrected chi connectivity index (χ3v) is 5.63. The molecule has 4 rings (SSSR count). The molecule has 3 aliphatic rings. The minimum atomic E-state index is -0.283. The highest BCUT2D eigenvalue weighted by Gasteiger charge is 2.33. The van der Waals surface area contributed by atoms with Crippen molar-refractivity contribution in [1.29, 1.82) is 0 Å². The van der Waals surface area contributed by atoms with Crippen LogP contribution in [0, 0.1) is 0 Å². The smallest absolute Gasteiger partial charge is 0.409 e. The zero-order chi connectivity index (χ0) is 19.0. The zero-order valence-corrected chi connectivity index (χ0v) is 15.6. The Hall–Kier alpha value is -2.57. The van der Waals surface area contributed by atoms with Crippen molar-refractivity contribution in [3.05, 3.63) is 28.8 Å². The van der Waals surface area contributed by atoms with Crippen molar-refractivity contribution in [3.63, 3.8) is 0 Å². The van der Waals surface area contributed by atoms with Crippen molar-refractivity contribution < 1.29 is 19.1 Å². The van der Waals surface area contributed by atoms with E-state index < -0.39 is 0 Å². The third-order valence-electron chi connectivity index (χ3n) is 5.63. The maximum Gasteiger partial charge on any atom is 0.409 e. The van der Waals surface area contributed by atoms with Crippen molar-refractivity contribution in [2.24, 2.45) is 0 Å². The quantitative estimate of drug-likeness (QED) is 0.880. The van der Waals surface area contributed by atoms with E-state index in [2.05, 4.69) is 5.32 Å². The van der Waals surface area contributed by atoms with Crippen LogP contribution in [0.25, 0.3) is 0 Å². The van der Waals surface area contributed by atoms with Gasteiger partial charge >= 0.3 is 6.09 Å². The number of anilines is 1. The Bertz CT molecular complexity index is 784. The summed E-state index contributed by atoms with van der Waals surface area (Å²) in [5, 5.41) is 3.09. The lowest BCUT2D eigenvalue weighted by molar-refractivity contribution is -0.117. The van der Waals surface area contributed by atoms with E-state index in [1.54, 1.807) is 11.8 Å². The fraction of sp³-hybridized carbons (Fsp3) is 0.550. The number of nitrogens with one attached hydrogen (secondary N) is 1. The van der Waals surface area contributed by atoms with Gasteiger partial charge in [0.2, 0.25) is 5.91 Å². The third kappa shape index (κ3) is 3.38. The van der Waals surface area contributed by atoms with Crippen molar-refractivity contribution in [3.8, 4) is 0 Å². The Labute approximate surface area is 158 Å². The molecule has 27 heavy (non-hydrogen) atoms. The predicted octanol–water partition coefficient (Wildman–Crippen LogP) is 1.87. The molecule has 0 saturated carbocycles. The summed E-state index contributed by atoms with van der Waals surface area (Å²) in [7, 11) is 0. The molecule has 1 fully saturated rings. The topological polar surface area (TPSA) is 79.0 Å². The second-order valence-corrected chi connectivity index (χ2v) is 7.40. The van der Waals surface area contributed by atoms with Gasteiger partial charge in [-0.2, -0.15) is 0 Å². The van der Waals surface area contributed by atoms with Crippen molar-refractivity contribution >= 4 is 23.6 Å². The first-order valence-electron chi connectivity index (χ1n) is 9.75. The standard InChI is InChI=1S/C20H25N3O4/c1-2-27-20(26)22-8-5-16(6-9-22)21-19(25)15-10-13-4-3-7-23-17(24)12-14(11-15)18(13)23/h10-11,16H,2-9,12H2,1H3,(H,21,25). The molecule has 0 atom stereocenters. The second-order valence-electron chi connectivity index (χ2n) is 7.40. The van der Waals surface area contributed by atoms with Crippen LogP contribution in [-0.4, -0.2) is 55.1 Å². The van der Waals surface area contributed by atoms with Crippen LogP contribution >= 0.6 is 0 Å². The molecule has 1 N–H and O–H groups in total. The van der Waals surface area contributed by atoms with Crippen LogP contribution in [0.15, 0.2) is 12.1 Å². The fourth-order valence-electron chi connectivity index (χ4n) is 4.30. The van der Waals surface area contributed by atoms with Crippen molar-refractivity contribution in [1.82, 2.24) is 10.2 Å². The number of amides is 3. The number of likely N-dealkylation sites (tertiary alicyclic amines) is 1. The van der Waals surface area contributed by atoms with E-state index in [0.717, 1.165) is 36.2 Å². The molecule has 144 valence electrons. The number of nitrogens with zero attached hydrogens (tertiary/aromatic N) is 2. The lowest BCUT2D eigenvalue weighted by Gasteiger charge is -2.31. The van der Waals surface area contributed by atoms with Crippen LogP contribution in [0.4, 0.5) is 10.5 Å². The summed E-state index contributed by atoms with van der Waals surface area (Å²) in [6, 6.07) is 3.85. The number of hydrogen-bond donors (Lipinski definition) is 1. The van der Waals surface area contributed by atoms with E-state index >= 15 is 0 Å². The molecule has 0 aromatic heterocycles. The molecule has 0 unspecified atom stereocenters. The summed E-state index contributed by atoms with van der Waals surface area (Å²) in [4.78, 5) is 40.2. The number of ether oxygens (including phenoxy) is 1. The average Bonchev–Trinajstić information content (AvgIpc) is 2.99. The minimum absolute atomic E-state index is 0.0471. The first-order valence-corrected chi connectivity index (χ1v) is 9.75. The number of benzene rings is 1. The Morgan fingerprint density at radius 1 is 1.19 bits per heavy atom. The highest BCUT2D eigenvalue weighted by Crippen LogP contribution is 2.37. The van der Waals surface area contributed by atoms with Crippen LogP contribution < -0.4 is 10.2 Å². The number of carbonyl (C=O) groups is 3. The van der Waals surface area contributed by atoms with E-state index in [1.807, 2.05) is 17.0 Å². The fourth-order valence-corrected chi connectivity index (χ4v) is 4.30. The minimum Gasteiger partial charge on any atom is -0.450 e. The molecule has 3 amide bonds. The predicted molar refractivity (Wildman–Crippen MR) is 99.9 cm³/mol. The molecule has 0 radical (unpaired) electrons. The van der Waals surface area contributed by atoms with Crippen LogP contribution in [-0.2, 0) is 22.4 Å². The Morgan fingerprint density at radius 2 is 1.93 bits per heavy atom.